The SMILES string of the molecule is CCCN(CCC)C(=O)c1cc(C)cc(C(=O)N(Cc2cccc(N(C)S(C)(=O)=O)c2)C[C@@H](O)[C@H](N)Cc2cc(F)cc(F)c2)c1. The number of carbonyl (C=O) groups is 2. The highest BCUT2D eigenvalue weighted by atomic mass is 32.2. The molecule has 9 nitrogen and oxygen atoms in total. The van der Waals surface area contributed by atoms with E-state index >= 15 is 0 Å². The number of anilines is 1. The van der Waals surface area contributed by atoms with E-state index in [4.69, 9.17) is 5.73 Å². The number of hydrogen-bond donors (Lipinski definition) is 2. The molecule has 0 saturated carbocycles. The fourth-order valence-electron chi connectivity index (χ4n) is 5.23. The lowest BCUT2D eigenvalue weighted by Gasteiger charge is -2.29. The van der Waals surface area contributed by atoms with Crippen LogP contribution < -0.4 is 10.0 Å². The van der Waals surface area contributed by atoms with Gasteiger partial charge in [-0.3, -0.25) is 13.9 Å². The van der Waals surface area contributed by atoms with Crippen LogP contribution in [0.5, 0.6) is 0 Å². The summed E-state index contributed by atoms with van der Waals surface area (Å²) >= 11 is 0. The van der Waals surface area contributed by atoms with Crippen LogP contribution in [-0.2, 0) is 23.0 Å². The maximum atomic E-state index is 14.1. The van der Waals surface area contributed by atoms with Crippen LogP contribution in [0.2, 0.25) is 0 Å². The van der Waals surface area contributed by atoms with Gasteiger partial charge in [0.1, 0.15) is 11.6 Å². The molecule has 2 atom stereocenters. The number of carbonyl (C=O) groups excluding carboxylic acids is 2. The summed E-state index contributed by atoms with van der Waals surface area (Å²) in [5, 5.41) is 11.1. The Hall–Kier alpha value is -3.87. The van der Waals surface area contributed by atoms with Gasteiger partial charge in [-0.1, -0.05) is 26.0 Å². The number of sulfonamides is 1. The highest BCUT2D eigenvalue weighted by molar-refractivity contribution is 7.92. The summed E-state index contributed by atoms with van der Waals surface area (Å²) in [5.74, 6) is -2.21. The fraction of sp³-hybridized carbons (Fsp3) is 0.412. The molecule has 0 spiro atoms. The molecule has 0 unspecified atom stereocenters. The average molecular weight is 659 g/mol. The zero-order chi connectivity index (χ0) is 34.2. The van der Waals surface area contributed by atoms with Gasteiger partial charge >= 0.3 is 0 Å². The van der Waals surface area contributed by atoms with Crippen molar-refractivity contribution in [3.05, 3.63) is 100 Å². The number of benzene rings is 3. The van der Waals surface area contributed by atoms with Crippen LogP contribution in [0, 0.1) is 18.6 Å². The zero-order valence-electron chi connectivity index (χ0n) is 27.0. The Morgan fingerprint density at radius 2 is 1.43 bits per heavy atom. The smallest absolute Gasteiger partial charge is 0.254 e. The Morgan fingerprint density at radius 1 is 0.870 bits per heavy atom. The molecule has 0 bridgehead atoms. The van der Waals surface area contributed by atoms with Crippen molar-refractivity contribution in [2.75, 3.05) is 37.2 Å². The number of nitrogens with two attached hydrogens (primary N) is 1. The van der Waals surface area contributed by atoms with Gasteiger partial charge in [-0.25, -0.2) is 17.2 Å². The molecule has 2 amide bonds. The number of aliphatic hydroxyl groups is 1. The lowest BCUT2D eigenvalue weighted by Crippen LogP contribution is -2.46. The second-order valence-electron chi connectivity index (χ2n) is 11.7. The molecule has 3 rings (SSSR count). The Kier molecular flexibility index (Phi) is 12.8. The summed E-state index contributed by atoms with van der Waals surface area (Å²) in [6.45, 7) is 6.64. The topological polar surface area (TPSA) is 124 Å². The van der Waals surface area contributed by atoms with Gasteiger partial charge in [-0.15, -0.1) is 0 Å². The monoisotopic (exact) mass is 658 g/mol. The standard InChI is InChI=1S/C34H44F2N4O5S/c1-6-11-39(12-7-2)33(42)26-13-23(3)14-27(19-26)34(43)40(21-24-9-8-10-30(17-24)38(4)46(5,44)45)22-32(41)31(37)18-25-15-28(35)20-29(36)16-25/h8-10,13-17,19-20,31-32,41H,6-7,11-12,18,21-22,37H2,1-5H3/t31-,32-/m1/s1. The van der Waals surface area contributed by atoms with Gasteiger partial charge in [-0.05, 0) is 85.3 Å². The molecule has 12 heteroatoms. The molecule has 3 N–H and O–H groups in total. The van der Waals surface area contributed by atoms with Crippen LogP contribution in [0.4, 0.5) is 14.5 Å². The van der Waals surface area contributed by atoms with Gasteiger partial charge in [0, 0.05) is 56.5 Å². The molecule has 0 saturated heterocycles. The maximum Gasteiger partial charge on any atom is 0.254 e. The predicted molar refractivity (Wildman–Crippen MR) is 176 cm³/mol. The molecule has 46 heavy (non-hydrogen) atoms. The Bertz CT molecular complexity index is 1610. The van der Waals surface area contributed by atoms with E-state index in [0.29, 0.717) is 35.5 Å². The summed E-state index contributed by atoms with van der Waals surface area (Å²) in [4.78, 5) is 30.7. The van der Waals surface area contributed by atoms with E-state index in [9.17, 15) is 31.9 Å². The van der Waals surface area contributed by atoms with Crippen LogP contribution in [0.1, 0.15) is 64.1 Å². The molecule has 0 aliphatic heterocycles. The Balaban J connectivity index is 1.98. The molecule has 0 radical (unpaired) electrons. The van der Waals surface area contributed by atoms with Crippen molar-refractivity contribution in [2.24, 2.45) is 5.73 Å². The minimum absolute atomic E-state index is 0.0301. The summed E-state index contributed by atoms with van der Waals surface area (Å²) in [7, 11) is -2.14. The van der Waals surface area contributed by atoms with Crippen molar-refractivity contribution in [1.82, 2.24) is 9.80 Å². The van der Waals surface area contributed by atoms with Crippen molar-refractivity contribution in [3.8, 4) is 0 Å². The third-order valence-electron chi connectivity index (χ3n) is 7.57. The normalized spacial score (nSPS) is 12.8. The molecule has 3 aromatic rings. The zero-order valence-corrected chi connectivity index (χ0v) is 27.9. The lowest BCUT2D eigenvalue weighted by atomic mass is 10.00. The lowest BCUT2D eigenvalue weighted by molar-refractivity contribution is 0.0554. The fourth-order valence-corrected chi connectivity index (χ4v) is 5.73. The minimum Gasteiger partial charge on any atom is -0.390 e. The number of amides is 2. The maximum absolute atomic E-state index is 14.1. The molecule has 0 aromatic heterocycles. The third-order valence-corrected chi connectivity index (χ3v) is 8.78. The summed E-state index contributed by atoms with van der Waals surface area (Å²) in [6, 6.07) is 13.6. The first-order valence-electron chi connectivity index (χ1n) is 15.2. The first-order chi connectivity index (χ1) is 21.6. The van der Waals surface area contributed by atoms with Crippen molar-refractivity contribution < 1.29 is 31.9 Å². The highest BCUT2D eigenvalue weighted by Gasteiger charge is 2.26. The van der Waals surface area contributed by atoms with E-state index in [1.165, 1.54) is 11.9 Å². The summed E-state index contributed by atoms with van der Waals surface area (Å²) in [6.07, 6.45) is 1.29. The molecular weight excluding hydrogens is 614 g/mol. The number of aliphatic hydroxyl groups excluding tert-OH is 1. The van der Waals surface area contributed by atoms with Crippen LogP contribution in [0.15, 0.2) is 60.7 Å². The molecule has 0 heterocycles. The van der Waals surface area contributed by atoms with Crippen molar-refractivity contribution >= 4 is 27.5 Å². The van der Waals surface area contributed by atoms with E-state index in [2.05, 4.69) is 0 Å². The molecule has 0 aliphatic rings. The second kappa shape index (κ2) is 16.1. The van der Waals surface area contributed by atoms with Gasteiger partial charge in [0.15, 0.2) is 0 Å². The van der Waals surface area contributed by atoms with Crippen LogP contribution in [0.25, 0.3) is 0 Å². The van der Waals surface area contributed by atoms with Gasteiger partial charge in [0.05, 0.1) is 18.0 Å². The first-order valence-corrected chi connectivity index (χ1v) is 17.1. The molecule has 0 aliphatic carbocycles. The molecule has 0 fully saturated rings. The number of hydrogen-bond acceptors (Lipinski definition) is 6. The molecule has 250 valence electrons. The van der Waals surface area contributed by atoms with Gasteiger partial charge in [0.25, 0.3) is 11.8 Å². The van der Waals surface area contributed by atoms with Gasteiger partial charge < -0.3 is 20.6 Å². The number of nitrogens with zero attached hydrogens (tertiary/aromatic N) is 3. The Morgan fingerprint density at radius 3 is 1.98 bits per heavy atom. The number of halogens is 2. The summed E-state index contributed by atoms with van der Waals surface area (Å²) < 4.78 is 53.0. The van der Waals surface area contributed by atoms with Crippen molar-refractivity contribution in [1.29, 1.82) is 0 Å². The molecular formula is C34H44F2N4O5S. The van der Waals surface area contributed by atoms with Gasteiger partial charge in [-0.2, -0.15) is 0 Å². The quantitative estimate of drug-likeness (QED) is 0.248. The average Bonchev–Trinajstić information content (AvgIpc) is 2.98. The van der Waals surface area contributed by atoms with E-state index in [1.807, 2.05) is 13.8 Å². The van der Waals surface area contributed by atoms with Gasteiger partial charge in [0.2, 0.25) is 10.0 Å². The molecule has 3 aromatic carbocycles. The second-order valence-corrected chi connectivity index (χ2v) is 13.7. The van der Waals surface area contributed by atoms with Crippen LogP contribution in [0.3, 0.4) is 0 Å². The number of aryl methyl sites for hydroxylation is 1. The third kappa shape index (κ3) is 10.1. The largest absolute Gasteiger partial charge is 0.390 e. The summed E-state index contributed by atoms with van der Waals surface area (Å²) in [5.41, 5.74) is 8.78. The predicted octanol–water partition coefficient (Wildman–Crippen LogP) is 4.50. The van der Waals surface area contributed by atoms with E-state index in [-0.39, 0.29) is 36.5 Å². The number of rotatable bonds is 15. The van der Waals surface area contributed by atoms with Crippen molar-refractivity contribution in [3.63, 3.8) is 0 Å². The van der Waals surface area contributed by atoms with E-state index < -0.39 is 39.7 Å². The van der Waals surface area contributed by atoms with E-state index in [0.717, 1.165) is 41.6 Å². The Labute approximate surface area is 270 Å². The van der Waals surface area contributed by atoms with Crippen LogP contribution >= 0.6 is 0 Å². The van der Waals surface area contributed by atoms with E-state index in [1.54, 1.807) is 54.3 Å². The van der Waals surface area contributed by atoms with Crippen molar-refractivity contribution in [2.45, 2.75) is 58.7 Å². The highest BCUT2D eigenvalue weighted by Crippen LogP contribution is 2.22. The van der Waals surface area contributed by atoms with Crippen LogP contribution in [-0.4, -0.2) is 80.2 Å². The minimum atomic E-state index is -3.55. The first kappa shape index (κ1) is 36.6.